The van der Waals surface area contributed by atoms with Crippen molar-refractivity contribution in [1.82, 2.24) is 0 Å². The Bertz CT molecular complexity index is 1280. The van der Waals surface area contributed by atoms with Crippen LogP contribution in [0.4, 0.5) is 0 Å². The molecule has 5 aliphatic carbocycles. The van der Waals surface area contributed by atoms with Crippen LogP contribution in [0.25, 0.3) is 0 Å². The van der Waals surface area contributed by atoms with Crippen LogP contribution in [0.5, 0.6) is 0 Å². The van der Waals surface area contributed by atoms with E-state index in [0.29, 0.717) is 37.2 Å². The highest BCUT2D eigenvalue weighted by molar-refractivity contribution is 5.91. The van der Waals surface area contributed by atoms with E-state index < -0.39 is 28.5 Å². The van der Waals surface area contributed by atoms with Crippen molar-refractivity contribution in [3.63, 3.8) is 0 Å². The summed E-state index contributed by atoms with van der Waals surface area (Å²) in [5, 5.41) is 11.1. The lowest BCUT2D eigenvalue weighted by atomic mass is 9.53. The van der Waals surface area contributed by atoms with Crippen LogP contribution in [0.3, 0.4) is 0 Å². The van der Waals surface area contributed by atoms with Gasteiger partial charge in [-0.1, -0.05) is 50.1 Å². The topological polar surface area (TPSA) is 99.1 Å². The number of hydrogen-bond donors (Lipinski definition) is 1. The largest absolute Gasteiger partial charge is 0.461 e. The van der Waals surface area contributed by atoms with Crippen molar-refractivity contribution in [2.24, 2.45) is 45.8 Å². The maximum atomic E-state index is 14.2. The predicted molar refractivity (Wildman–Crippen MR) is 141 cm³/mol. The first-order valence-electron chi connectivity index (χ1n) is 14.7. The smallest absolute Gasteiger partial charge is 0.334 e. The molecule has 5 fully saturated rings. The first-order chi connectivity index (χ1) is 18.4. The van der Waals surface area contributed by atoms with Crippen molar-refractivity contribution in [3.05, 3.63) is 34.9 Å². The van der Waals surface area contributed by atoms with Gasteiger partial charge in [0.05, 0.1) is 11.5 Å². The molecule has 2 saturated heterocycles. The molecule has 2 heterocycles. The summed E-state index contributed by atoms with van der Waals surface area (Å²) in [6, 6.07) is 0. The molecule has 7 aliphatic rings. The van der Waals surface area contributed by atoms with Gasteiger partial charge in [0.1, 0.15) is 18.3 Å². The minimum Gasteiger partial charge on any atom is -0.461 e. The zero-order valence-electron chi connectivity index (χ0n) is 23.6. The fourth-order valence-corrected chi connectivity index (χ4v) is 10.7. The van der Waals surface area contributed by atoms with E-state index in [4.69, 9.17) is 14.2 Å². The van der Waals surface area contributed by atoms with Gasteiger partial charge in [0, 0.05) is 41.1 Å². The Morgan fingerprint density at radius 2 is 1.90 bits per heavy atom. The van der Waals surface area contributed by atoms with Crippen LogP contribution in [-0.4, -0.2) is 47.4 Å². The molecule has 210 valence electrons. The molecule has 1 N–H and O–H groups in total. The van der Waals surface area contributed by atoms with E-state index in [9.17, 15) is 19.5 Å². The van der Waals surface area contributed by atoms with Crippen molar-refractivity contribution in [2.45, 2.75) is 97.6 Å². The Kier molecular flexibility index (Phi) is 5.15. The van der Waals surface area contributed by atoms with Gasteiger partial charge in [-0.2, -0.15) is 0 Å². The third kappa shape index (κ3) is 2.90. The molecule has 0 aromatic rings. The molecule has 0 amide bonds. The van der Waals surface area contributed by atoms with Crippen molar-refractivity contribution in [2.75, 3.05) is 0 Å². The van der Waals surface area contributed by atoms with Gasteiger partial charge in [0.25, 0.3) is 0 Å². The van der Waals surface area contributed by atoms with Crippen LogP contribution in [0, 0.1) is 45.8 Å². The van der Waals surface area contributed by atoms with Crippen molar-refractivity contribution < 1.29 is 33.7 Å². The lowest BCUT2D eigenvalue weighted by Crippen LogP contribution is -2.49. The van der Waals surface area contributed by atoms with Crippen LogP contribution < -0.4 is 0 Å². The highest BCUT2D eigenvalue weighted by atomic mass is 16.6. The maximum absolute atomic E-state index is 14.2. The number of carbonyl (C=O) groups excluding carboxylic acids is 3. The number of rotatable bonds is 1. The van der Waals surface area contributed by atoms with Gasteiger partial charge in [-0.25, -0.2) is 4.79 Å². The second-order valence-corrected chi connectivity index (χ2v) is 14.1. The van der Waals surface area contributed by atoms with Crippen LogP contribution in [0.2, 0.25) is 0 Å². The Morgan fingerprint density at radius 1 is 1.15 bits per heavy atom. The number of aliphatic hydroxyl groups is 1. The highest BCUT2D eigenvalue weighted by Gasteiger charge is 2.79. The lowest BCUT2D eigenvalue weighted by molar-refractivity contribution is -0.156. The van der Waals surface area contributed by atoms with Gasteiger partial charge >= 0.3 is 17.9 Å². The molecular formula is C32H40O7. The van der Waals surface area contributed by atoms with Gasteiger partial charge in [0.2, 0.25) is 0 Å². The Labute approximate surface area is 230 Å². The average molecular weight is 537 g/mol. The third-order valence-corrected chi connectivity index (χ3v) is 12.5. The Morgan fingerprint density at radius 3 is 2.62 bits per heavy atom. The van der Waals surface area contributed by atoms with E-state index >= 15 is 0 Å². The molecule has 2 spiro atoms. The summed E-state index contributed by atoms with van der Waals surface area (Å²) >= 11 is 0. The molecule has 2 unspecified atom stereocenters. The normalized spacial score (nSPS) is 51.5. The molecule has 2 bridgehead atoms. The average Bonchev–Trinajstić information content (AvgIpc) is 3.44. The zero-order valence-corrected chi connectivity index (χ0v) is 23.6. The number of aliphatic hydroxyl groups excluding tert-OH is 1. The fraction of sp³-hybridized carbons (Fsp3) is 0.719. The van der Waals surface area contributed by atoms with E-state index in [1.54, 1.807) is 0 Å². The molecule has 12 atom stereocenters. The van der Waals surface area contributed by atoms with Crippen molar-refractivity contribution in [3.8, 4) is 0 Å². The van der Waals surface area contributed by atoms with E-state index in [1.165, 1.54) is 18.1 Å². The Balaban J connectivity index is 1.39. The standard InChI is InChI=1S/C32H40O7/c1-14-7-8-25(34)30(6)12-24-22(11-20(14)30)32(29(36)39-24)13-31-15(2)9-23-19(16(3)28(35)38-23)10-21(31)17(4)26(32)27(31)37-18(5)33/h11,14-15,19,22-27,34H,3,7-10,12-13H2,1-2,4-6H3/t14-,15-,19+,22-,23-,24+,25+,26+,27?,30+,31-,32?/m1/s1. The third-order valence-electron chi connectivity index (χ3n) is 12.5. The highest BCUT2D eigenvalue weighted by Crippen LogP contribution is 2.76. The van der Waals surface area contributed by atoms with Gasteiger partial charge in [-0.05, 0) is 57.3 Å². The molecule has 7 rings (SSSR count). The molecule has 0 radical (unpaired) electrons. The fourth-order valence-electron chi connectivity index (χ4n) is 10.7. The summed E-state index contributed by atoms with van der Waals surface area (Å²) < 4.78 is 18.3. The quantitative estimate of drug-likeness (QED) is 0.229. The van der Waals surface area contributed by atoms with Gasteiger partial charge in [-0.3, -0.25) is 9.59 Å². The van der Waals surface area contributed by atoms with Crippen molar-refractivity contribution in [1.29, 1.82) is 0 Å². The molecule has 0 aromatic carbocycles. The molecular weight excluding hydrogens is 496 g/mol. The van der Waals surface area contributed by atoms with Gasteiger partial charge in [0.15, 0.2) is 0 Å². The molecule has 0 aromatic heterocycles. The van der Waals surface area contributed by atoms with Gasteiger partial charge in [-0.15, -0.1) is 0 Å². The molecule has 7 heteroatoms. The van der Waals surface area contributed by atoms with Crippen molar-refractivity contribution >= 4 is 17.9 Å². The van der Waals surface area contributed by atoms with E-state index in [2.05, 4.69) is 40.3 Å². The number of hydrogen-bond acceptors (Lipinski definition) is 7. The summed E-state index contributed by atoms with van der Waals surface area (Å²) in [4.78, 5) is 39.2. The van der Waals surface area contributed by atoms with Crippen LogP contribution in [0.15, 0.2) is 34.9 Å². The number of esters is 3. The van der Waals surface area contributed by atoms with E-state index in [0.717, 1.165) is 18.4 Å². The van der Waals surface area contributed by atoms with Crippen LogP contribution in [0.1, 0.15) is 73.1 Å². The SMILES string of the molecule is C=C1C(=O)O[C@@H]2C[C@@H](C)[C@]34CC5(C(=O)O[C@H]6C[C@@]7(C)C(=C[C@H]65)[C@H](C)CC[C@@H]7O)[C@@H](C(C)=C3C[C@@H]12)C4OC(C)=O. The maximum Gasteiger partial charge on any atom is 0.334 e. The van der Waals surface area contributed by atoms with E-state index in [1.807, 2.05) is 0 Å². The Hall–Kier alpha value is -2.41. The number of carbonyl (C=O) groups is 3. The predicted octanol–water partition coefficient (Wildman–Crippen LogP) is 4.44. The summed E-state index contributed by atoms with van der Waals surface area (Å²) in [7, 11) is 0. The molecule has 7 nitrogen and oxygen atoms in total. The number of ether oxygens (including phenoxy) is 3. The summed E-state index contributed by atoms with van der Waals surface area (Å²) in [5.74, 6) is -1.01. The lowest BCUT2D eigenvalue weighted by Gasteiger charge is -2.50. The minimum absolute atomic E-state index is 0.0219. The first kappa shape index (κ1) is 25.6. The zero-order chi connectivity index (χ0) is 27.8. The second kappa shape index (κ2) is 7.86. The molecule has 2 aliphatic heterocycles. The van der Waals surface area contributed by atoms with Crippen LogP contribution >= 0.6 is 0 Å². The summed E-state index contributed by atoms with van der Waals surface area (Å²) in [5.41, 5.74) is 2.34. The first-order valence-corrected chi connectivity index (χ1v) is 14.7. The van der Waals surface area contributed by atoms with Crippen LogP contribution in [-0.2, 0) is 28.6 Å². The van der Waals surface area contributed by atoms with E-state index in [-0.39, 0.29) is 53.8 Å². The molecule has 3 saturated carbocycles. The number of fused-ring (bicyclic) bond motifs is 6. The monoisotopic (exact) mass is 536 g/mol. The summed E-state index contributed by atoms with van der Waals surface area (Å²) in [6.07, 6.45) is 4.96. The van der Waals surface area contributed by atoms with Gasteiger partial charge < -0.3 is 19.3 Å². The minimum atomic E-state index is -0.823. The molecule has 39 heavy (non-hydrogen) atoms. The summed E-state index contributed by atoms with van der Waals surface area (Å²) in [6.45, 7) is 14.1. The second-order valence-electron chi connectivity index (χ2n) is 14.1.